The maximum Gasteiger partial charge on any atom is 0.254 e. The van der Waals surface area contributed by atoms with Crippen molar-refractivity contribution in [3.63, 3.8) is 0 Å². The molecule has 0 aliphatic rings. The van der Waals surface area contributed by atoms with Gasteiger partial charge in [-0.1, -0.05) is 23.2 Å². The van der Waals surface area contributed by atoms with E-state index in [1.165, 1.54) is 13.2 Å². The summed E-state index contributed by atoms with van der Waals surface area (Å²) in [6.45, 7) is 0. The van der Waals surface area contributed by atoms with E-state index in [-0.39, 0.29) is 20.7 Å². The van der Waals surface area contributed by atoms with Gasteiger partial charge >= 0.3 is 0 Å². The van der Waals surface area contributed by atoms with Crippen molar-refractivity contribution in [3.8, 4) is 5.75 Å². The van der Waals surface area contributed by atoms with Crippen molar-refractivity contribution in [1.82, 2.24) is 4.83 Å². The minimum atomic E-state index is -3.82. The number of nitrogens with two attached hydrogens (primary N) is 1. The molecule has 84 valence electrons. The number of sulfonamides is 1. The maximum atomic E-state index is 11.4. The van der Waals surface area contributed by atoms with E-state index >= 15 is 0 Å². The highest BCUT2D eigenvalue weighted by molar-refractivity contribution is 7.89. The third-order valence-electron chi connectivity index (χ3n) is 1.65. The van der Waals surface area contributed by atoms with Gasteiger partial charge in [-0.2, -0.15) is 4.83 Å². The highest BCUT2D eigenvalue weighted by Crippen LogP contribution is 2.32. The van der Waals surface area contributed by atoms with Crippen LogP contribution in [0.2, 0.25) is 10.0 Å². The Morgan fingerprint density at radius 1 is 1.33 bits per heavy atom. The molecular formula is C7H8Cl2N2O3S. The highest BCUT2D eigenvalue weighted by atomic mass is 35.5. The van der Waals surface area contributed by atoms with Gasteiger partial charge in [-0.05, 0) is 6.07 Å². The molecule has 0 aliphatic heterocycles. The Bertz CT molecular complexity index is 475. The average Bonchev–Trinajstić information content (AvgIpc) is 2.20. The zero-order valence-electron chi connectivity index (χ0n) is 7.62. The molecule has 0 aliphatic carbocycles. The first-order chi connectivity index (χ1) is 6.92. The van der Waals surface area contributed by atoms with Gasteiger partial charge < -0.3 is 4.74 Å². The van der Waals surface area contributed by atoms with Crippen LogP contribution in [-0.4, -0.2) is 15.5 Å². The molecule has 0 fully saturated rings. The van der Waals surface area contributed by atoms with Gasteiger partial charge in [-0.3, -0.25) is 5.84 Å². The highest BCUT2D eigenvalue weighted by Gasteiger charge is 2.18. The fraction of sp³-hybridized carbons (Fsp3) is 0.143. The van der Waals surface area contributed by atoms with Gasteiger partial charge in [0, 0.05) is 6.07 Å². The number of halogens is 2. The minimum absolute atomic E-state index is 0.0193. The summed E-state index contributed by atoms with van der Waals surface area (Å²) in [5, 5.41) is 0.116. The van der Waals surface area contributed by atoms with E-state index in [9.17, 15) is 8.42 Å². The molecule has 8 heteroatoms. The van der Waals surface area contributed by atoms with Gasteiger partial charge in [0.15, 0.2) is 0 Å². The van der Waals surface area contributed by atoms with Crippen LogP contribution in [0.3, 0.4) is 0 Å². The maximum absolute atomic E-state index is 11.4. The van der Waals surface area contributed by atoms with Crippen LogP contribution in [0.1, 0.15) is 0 Å². The fourth-order valence-electron chi connectivity index (χ4n) is 0.936. The van der Waals surface area contributed by atoms with Gasteiger partial charge in [-0.15, -0.1) is 0 Å². The van der Waals surface area contributed by atoms with E-state index in [1.54, 1.807) is 4.83 Å². The Morgan fingerprint density at radius 2 is 1.93 bits per heavy atom. The zero-order valence-corrected chi connectivity index (χ0v) is 9.95. The zero-order chi connectivity index (χ0) is 11.6. The van der Waals surface area contributed by atoms with E-state index in [1.807, 2.05) is 0 Å². The van der Waals surface area contributed by atoms with Gasteiger partial charge in [0.25, 0.3) is 10.0 Å². The third-order valence-corrected chi connectivity index (χ3v) is 3.60. The van der Waals surface area contributed by atoms with Crippen LogP contribution in [0.4, 0.5) is 0 Å². The molecule has 0 saturated carbocycles. The van der Waals surface area contributed by atoms with Crippen LogP contribution in [0, 0.1) is 0 Å². The molecule has 0 radical (unpaired) electrons. The molecule has 0 amide bonds. The van der Waals surface area contributed by atoms with Crippen molar-refractivity contribution < 1.29 is 13.2 Å². The number of benzene rings is 1. The number of hydrogen-bond acceptors (Lipinski definition) is 4. The monoisotopic (exact) mass is 270 g/mol. The molecule has 0 aromatic heterocycles. The summed E-state index contributed by atoms with van der Waals surface area (Å²) in [5.41, 5.74) is 0. The molecule has 1 rings (SSSR count). The molecule has 5 nitrogen and oxygen atoms in total. The minimum Gasteiger partial charge on any atom is -0.495 e. The first-order valence-corrected chi connectivity index (χ1v) is 5.91. The van der Waals surface area contributed by atoms with Gasteiger partial charge in [-0.25, -0.2) is 8.42 Å². The lowest BCUT2D eigenvalue weighted by Gasteiger charge is -2.08. The second kappa shape index (κ2) is 4.54. The molecule has 0 spiro atoms. The van der Waals surface area contributed by atoms with Gasteiger partial charge in [0.1, 0.15) is 10.6 Å². The summed E-state index contributed by atoms with van der Waals surface area (Å²) in [4.78, 5) is 1.45. The first kappa shape index (κ1) is 12.5. The number of hydrazine groups is 1. The van der Waals surface area contributed by atoms with E-state index in [0.717, 1.165) is 6.07 Å². The second-order valence-corrected chi connectivity index (χ2v) is 5.04. The Balaban J connectivity index is 3.41. The number of hydrogen-bond donors (Lipinski definition) is 2. The van der Waals surface area contributed by atoms with Gasteiger partial charge in [0.05, 0.1) is 17.2 Å². The van der Waals surface area contributed by atoms with Crippen LogP contribution in [0.5, 0.6) is 5.75 Å². The van der Waals surface area contributed by atoms with Crippen LogP contribution >= 0.6 is 23.2 Å². The molecule has 0 unspecified atom stereocenters. The Morgan fingerprint density at radius 3 is 2.40 bits per heavy atom. The molecular weight excluding hydrogens is 263 g/mol. The summed E-state index contributed by atoms with van der Waals surface area (Å²) in [7, 11) is -2.42. The standard InChI is InChI=1S/C7H8Cl2N2O3S/c1-14-6-2-5(9)7(3-4(6)8)15(12,13)11-10/h2-3,11H,10H2,1H3. The van der Waals surface area contributed by atoms with Crippen LogP contribution in [0.15, 0.2) is 17.0 Å². The molecule has 0 bridgehead atoms. The summed E-state index contributed by atoms with van der Waals surface area (Å²) >= 11 is 11.5. The third kappa shape index (κ3) is 2.53. The number of ether oxygens (including phenoxy) is 1. The summed E-state index contributed by atoms with van der Waals surface area (Å²) < 4.78 is 27.6. The van der Waals surface area contributed by atoms with E-state index < -0.39 is 10.0 Å². The summed E-state index contributed by atoms with van der Waals surface area (Å²) in [5.74, 6) is 5.15. The van der Waals surface area contributed by atoms with Crippen molar-refractivity contribution >= 4 is 33.2 Å². The predicted octanol–water partition coefficient (Wildman–Crippen LogP) is 1.15. The van der Waals surface area contributed by atoms with E-state index in [0.29, 0.717) is 0 Å². The largest absolute Gasteiger partial charge is 0.495 e. The number of nitrogens with one attached hydrogen (secondary N) is 1. The lowest BCUT2D eigenvalue weighted by atomic mass is 10.3. The number of methoxy groups -OCH3 is 1. The predicted molar refractivity (Wildman–Crippen MR) is 57.5 cm³/mol. The van der Waals surface area contributed by atoms with Crippen molar-refractivity contribution in [1.29, 1.82) is 0 Å². The van der Waals surface area contributed by atoms with Crippen molar-refractivity contribution in [2.45, 2.75) is 4.90 Å². The van der Waals surface area contributed by atoms with Crippen molar-refractivity contribution in [2.24, 2.45) is 5.84 Å². The summed E-state index contributed by atoms with van der Waals surface area (Å²) in [6, 6.07) is 2.46. The topological polar surface area (TPSA) is 81.4 Å². The lowest BCUT2D eigenvalue weighted by Crippen LogP contribution is -2.30. The molecule has 1 aromatic carbocycles. The van der Waals surface area contributed by atoms with Gasteiger partial charge in [0.2, 0.25) is 0 Å². The second-order valence-electron chi connectivity index (χ2n) is 2.54. The Kier molecular flexibility index (Phi) is 3.80. The smallest absolute Gasteiger partial charge is 0.254 e. The molecule has 1 aromatic rings. The number of rotatable bonds is 3. The normalized spacial score (nSPS) is 11.5. The Hall–Kier alpha value is -0.530. The molecule has 0 atom stereocenters. The van der Waals surface area contributed by atoms with Crippen LogP contribution < -0.4 is 15.4 Å². The molecule has 3 N–H and O–H groups in total. The summed E-state index contributed by atoms with van der Waals surface area (Å²) in [6.07, 6.45) is 0. The lowest BCUT2D eigenvalue weighted by molar-refractivity contribution is 0.414. The van der Waals surface area contributed by atoms with Crippen molar-refractivity contribution in [2.75, 3.05) is 7.11 Å². The molecule has 0 saturated heterocycles. The SMILES string of the molecule is COc1cc(Cl)c(S(=O)(=O)NN)cc1Cl. The van der Waals surface area contributed by atoms with E-state index in [4.69, 9.17) is 33.8 Å². The van der Waals surface area contributed by atoms with Crippen molar-refractivity contribution in [3.05, 3.63) is 22.2 Å². The van der Waals surface area contributed by atoms with Crippen LogP contribution in [0.25, 0.3) is 0 Å². The fourth-order valence-corrected chi connectivity index (χ4v) is 2.42. The average molecular weight is 271 g/mol. The molecule has 15 heavy (non-hydrogen) atoms. The quantitative estimate of drug-likeness (QED) is 0.638. The molecule has 0 heterocycles. The first-order valence-electron chi connectivity index (χ1n) is 3.68. The Labute approximate surface area is 97.1 Å². The van der Waals surface area contributed by atoms with E-state index in [2.05, 4.69) is 0 Å². The van der Waals surface area contributed by atoms with Crippen LogP contribution in [-0.2, 0) is 10.0 Å².